The molecule has 0 saturated carbocycles. The summed E-state index contributed by atoms with van der Waals surface area (Å²) in [6.45, 7) is 3.20. The number of aromatic amines is 1. The van der Waals surface area contributed by atoms with Crippen molar-refractivity contribution in [2.75, 3.05) is 13.1 Å². The van der Waals surface area contributed by atoms with Crippen molar-refractivity contribution in [3.05, 3.63) is 30.1 Å². The van der Waals surface area contributed by atoms with Gasteiger partial charge in [-0.2, -0.15) is 0 Å². The minimum Gasteiger partial charge on any atom is -0.393 e. The van der Waals surface area contributed by atoms with Crippen molar-refractivity contribution in [1.29, 1.82) is 0 Å². The van der Waals surface area contributed by atoms with Crippen molar-refractivity contribution in [3.63, 3.8) is 0 Å². The summed E-state index contributed by atoms with van der Waals surface area (Å²) >= 11 is 0. The van der Waals surface area contributed by atoms with Gasteiger partial charge in [-0.15, -0.1) is 0 Å². The van der Waals surface area contributed by atoms with E-state index in [1.165, 1.54) is 0 Å². The number of hydrogen-bond acceptors (Lipinski definition) is 3. The third-order valence-corrected chi connectivity index (χ3v) is 4.56. The quantitative estimate of drug-likeness (QED) is 0.712. The summed E-state index contributed by atoms with van der Waals surface area (Å²) < 4.78 is 0. The summed E-state index contributed by atoms with van der Waals surface area (Å²) in [5.41, 5.74) is 2.03. The average molecular weight is 330 g/mol. The predicted octanol–water partition coefficient (Wildman–Crippen LogP) is 2.44. The Morgan fingerprint density at radius 3 is 3.12 bits per heavy atom. The summed E-state index contributed by atoms with van der Waals surface area (Å²) in [4.78, 5) is 22.0. The monoisotopic (exact) mass is 330 g/mol. The molecule has 0 bridgehead atoms. The Labute approximate surface area is 142 Å². The van der Waals surface area contributed by atoms with Crippen LogP contribution in [0.3, 0.4) is 0 Å². The zero-order chi connectivity index (χ0) is 16.9. The number of likely N-dealkylation sites (tertiary alicyclic amines) is 1. The van der Waals surface area contributed by atoms with Crippen LogP contribution in [0.25, 0.3) is 11.0 Å². The standard InChI is InChI=1S/C18H26N4O2/c1-13(23)12-14-6-5-11-22(14)18(24)19-10-4-9-17-20-15-7-2-3-8-16(15)21-17/h2-3,7-8,13-14,23H,4-6,9-12H2,1H3,(H,19,24)(H,20,21)/t13-,14+/m1/s1. The number of amides is 2. The Bertz CT molecular complexity index is 649. The van der Waals surface area contributed by atoms with Crippen molar-refractivity contribution in [1.82, 2.24) is 20.2 Å². The molecule has 2 amide bonds. The number of nitrogens with zero attached hydrogens (tertiary/aromatic N) is 2. The molecule has 1 aromatic heterocycles. The number of fused-ring (bicyclic) bond motifs is 1. The summed E-state index contributed by atoms with van der Waals surface area (Å²) in [5.74, 6) is 0.957. The second-order valence-electron chi connectivity index (χ2n) is 6.61. The Morgan fingerprint density at radius 2 is 2.33 bits per heavy atom. The number of nitrogens with one attached hydrogen (secondary N) is 2. The number of aliphatic hydroxyl groups excluding tert-OH is 1. The van der Waals surface area contributed by atoms with Gasteiger partial charge in [0.05, 0.1) is 17.1 Å². The molecule has 3 rings (SSSR count). The largest absolute Gasteiger partial charge is 0.393 e. The molecule has 0 aliphatic carbocycles. The molecule has 1 saturated heterocycles. The smallest absolute Gasteiger partial charge is 0.317 e. The molecule has 0 spiro atoms. The highest BCUT2D eigenvalue weighted by Crippen LogP contribution is 2.21. The zero-order valence-electron chi connectivity index (χ0n) is 14.2. The number of aryl methyl sites for hydroxylation is 1. The van der Waals surface area contributed by atoms with Gasteiger partial charge < -0.3 is 20.3 Å². The van der Waals surface area contributed by atoms with E-state index in [1.807, 2.05) is 29.2 Å². The zero-order valence-corrected chi connectivity index (χ0v) is 14.2. The van der Waals surface area contributed by atoms with E-state index in [0.717, 1.165) is 49.1 Å². The first kappa shape index (κ1) is 16.8. The van der Waals surface area contributed by atoms with Crippen LogP contribution in [0.4, 0.5) is 4.79 Å². The van der Waals surface area contributed by atoms with E-state index < -0.39 is 0 Å². The van der Waals surface area contributed by atoms with Crippen molar-refractivity contribution < 1.29 is 9.90 Å². The molecule has 1 aliphatic heterocycles. The number of imidazole rings is 1. The summed E-state index contributed by atoms with van der Waals surface area (Å²) in [6, 6.07) is 8.13. The molecule has 2 aromatic rings. The number of H-pyrrole nitrogens is 1. The molecular formula is C18H26N4O2. The third kappa shape index (κ3) is 4.06. The van der Waals surface area contributed by atoms with Crippen LogP contribution in [-0.4, -0.2) is 51.2 Å². The van der Waals surface area contributed by atoms with Crippen LogP contribution < -0.4 is 5.32 Å². The van der Waals surface area contributed by atoms with Crippen LogP contribution in [-0.2, 0) is 6.42 Å². The molecule has 2 atom stereocenters. The van der Waals surface area contributed by atoms with Gasteiger partial charge in [-0.25, -0.2) is 9.78 Å². The molecule has 1 fully saturated rings. The molecule has 130 valence electrons. The van der Waals surface area contributed by atoms with Gasteiger partial charge in [0, 0.05) is 25.6 Å². The van der Waals surface area contributed by atoms with Gasteiger partial charge in [-0.05, 0) is 44.7 Å². The van der Waals surface area contributed by atoms with Gasteiger partial charge in [0.1, 0.15) is 5.82 Å². The number of para-hydroxylation sites is 2. The maximum atomic E-state index is 12.3. The fraction of sp³-hybridized carbons (Fsp3) is 0.556. The summed E-state index contributed by atoms with van der Waals surface area (Å²) in [5, 5.41) is 12.5. The number of carbonyl (C=O) groups is 1. The number of aliphatic hydroxyl groups is 1. The van der Waals surface area contributed by atoms with Gasteiger partial charge in [0.25, 0.3) is 0 Å². The topological polar surface area (TPSA) is 81.2 Å². The SMILES string of the molecule is C[C@@H](O)C[C@@H]1CCCN1C(=O)NCCCc1nc2ccccc2[nH]1. The molecule has 1 aromatic carbocycles. The van der Waals surface area contributed by atoms with Crippen LogP contribution in [0, 0.1) is 0 Å². The van der Waals surface area contributed by atoms with Crippen LogP contribution in [0.1, 0.15) is 38.4 Å². The molecule has 6 nitrogen and oxygen atoms in total. The minimum absolute atomic E-state index is 0.0113. The average Bonchev–Trinajstić information content (AvgIpc) is 3.16. The molecule has 24 heavy (non-hydrogen) atoms. The van der Waals surface area contributed by atoms with Gasteiger partial charge in [-0.1, -0.05) is 12.1 Å². The summed E-state index contributed by atoms with van der Waals surface area (Å²) in [6.07, 6.45) is 3.96. The van der Waals surface area contributed by atoms with Gasteiger partial charge >= 0.3 is 6.03 Å². The molecule has 0 unspecified atom stereocenters. The van der Waals surface area contributed by atoms with Crippen LogP contribution in [0.15, 0.2) is 24.3 Å². The first-order valence-electron chi connectivity index (χ1n) is 8.79. The number of benzene rings is 1. The lowest BCUT2D eigenvalue weighted by Crippen LogP contribution is -2.44. The molecule has 3 N–H and O–H groups in total. The number of rotatable bonds is 6. The number of urea groups is 1. The van der Waals surface area contributed by atoms with E-state index in [9.17, 15) is 9.90 Å². The number of aromatic nitrogens is 2. The number of carbonyl (C=O) groups excluding carboxylic acids is 1. The fourth-order valence-corrected chi connectivity index (χ4v) is 3.42. The first-order valence-corrected chi connectivity index (χ1v) is 8.79. The molecular weight excluding hydrogens is 304 g/mol. The Morgan fingerprint density at radius 1 is 1.50 bits per heavy atom. The highest BCUT2D eigenvalue weighted by molar-refractivity contribution is 5.75. The molecule has 6 heteroatoms. The van der Waals surface area contributed by atoms with Crippen molar-refractivity contribution >= 4 is 17.1 Å². The van der Waals surface area contributed by atoms with Gasteiger partial charge in [-0.3, -0.25) is 0 Å². The van der Waals surface area contributed by atoms with Crippen LogP contribution in [0.2, 0.25) is 0 Å². The van der Waals surface area contributed by atoms with E-state index in [2.05, 4.69) is 15.3 Å². The Kier molecular flexibility index (Phi) is 5.35. The van der Waals surface area contributed by atoms with Crippen LogP contribution in [0.5, 0.6) is 0 Å². The Balaban J connectivity index is 1.43. The maximum absolute atomic E-state index is 12.3. The van der Waals surface area contributed by atoms with Crippen molar-refractivity contribution in [3.8, 4) is 0 Å². The lowest BCUT2D eigenvalue weighted by Gasteiger charge is -2.25. The second-order valence-corrected chi connectivity index (χ2v) is 6.61. The van der Waals surface area contributed by atoms with E-state index in [4.69, 9.17) is 0 Å². The molecule has 1 aliphatic rings. The van der Waals surface area contributed by atoms with Gasteiger partial charge in [0.15, 0.2) is 0 Å². The van der Waals surface area contributed by atoms with Crippen LogP contribution >= 0.6 is 0 Å². The number of hydrogen-bond donors (Lipinski definition) is 3. The highest BCUT2D eigenvalue weighted by atomic mass is 16.3. The third-order valence-electron chi connectivity index (χ3n) is 4.56. The molecule has 2 heterocycles. The maximum Gasteiger partial charge on any atom is 0.317 e. The van der Waals surface area contributed by atoms with Crippen molar-refractivity contribution in [2.24, 2.45) is 0 Å². The highest BCUT2D eigenvalue weighted by Gasteiger charge is 2.29. The minimum atomic E-state index is -0.364. The lowest BCUT2D eigenvalue weighted by molar-refractivity contribution is 0.138. The van der Waals surface area contributed by atoms with Gasteiger partial charge in [0.2, 0.25) is 0 Å². The van der Waals surface area contributed by atoms with E-state index in [1.54, 1.807) is 6.92 Å². The summed E-state index contributed by atoms with van der Waals surface area (Å²) in [7, 11) is 0. The first-order chi connectivity index (χ1) is 11.6. The molecule has 0 radical (unpaired) electrons. The normalized spacial score (nSPS) is 18.9. The van der Waals surface area contributed by atoms with E-state index >= 15 is 0 Å². The lowest BCUT2D eigenvalue weighted by atomic mass is 10.1. The fourth-order valence-electron chi connectivity index (χ4n) is 3.42. The Hall–Kier alpha value is -2.08. The predicted molar refractivity (Wildman–Crippen MR) is 93.8 cm³/mol. The van der Waals surface area contributed by atoms with E-state index in [0.29, 0.717) is 13.0 Å². The second kappa shape index (κ2) is 7.66. The van der Waals surface area contributed by atoms with E-state index in [-0.39, 0.29) is 18.2 Å². The van der Waals surface area contributed by atoms with Crippen molar-refractivity contribution in [2.45, 2.75) is 51.2 Å².